The fourth-order valence-electron chi connectivity index (χ4n) is 1.89. The van der Waals surface area contributed by atoms with Gasteiger partial charge in [0.2, 0.25) is 0 Å². The molecule has 6 nitrogen and oxygen atoms in total. The van der Waals surface area contributed by atoms with Gasteiger partial charge in [-0.1, -0.05) is 15.9 Å². The monoisotopic (exact) mass is 391 g/mol. The Morgan fingerprint density at radius 1 is 1.29 bits per heavy atom. The number of phenolic OH excluding ortho intramolecular Hbond substituents is 1. The van der Waals surface area contributed by atoms with Crippen LogP contribution in [0.1, 0.15) is 12.5 Å². The molecule has 1 amide bonds. The molecule has 24 heavy (non-hydrogen) atoms. The van der Waals surface area contributed by atoms with E-state index in [1.165, 1.54) is 6.21 Å². The van der Waals surface area contributed by atoms with Gasteiger partial charge in [-0.15, -0.1) is 0 Å². The van der Waals surface area contributed by atoms with Crippen molar-refractivity contribution in [2.45, 2.75) is 13.0 Å². The van der Waals surface area contributed by atoms with Gasteiger partial charge in [0.1, 0.15) is 17.5 Å². The number of hydrazone groups is 1. The lowest BCUT2D eigenvalue weighted by Gasteiger charge is -2.13. The molecule has 7 heteroatoms. The van der Waals surface area contributed by atoms with Crippen LogP contribution < -0.4 is 15.5 Å². The third kappa shape index (κ3) is 4.99. The summed E-state index contributed by atoms with van der Waals surface area (Å²) in [7, 11) is 1.60. The van der Waals surface area contributed by atoms with Crippen molar-refractivity contribution in [2.24, 2.45) is 5.10 Å². The summed E-state index contributed by atoms with van der Waals surface area (Å²) in [5, 5.41) is 16.6. The van der Waals surface area contributed by atoms with Gasteiger partial charge in [-0.25, -0.2) is 5.43 Å². The quantitative estimate of drug-likeness (QED) is 0.521. The highest BCUT2D eigenvalue weighted by Crippen LogP contribution is 2.20. The number of amides is 1. The Hall–Kier alpha value is -2.54. The van der Waals surface area contributed by atoms with Crippen LogP contribution >= 0.6 is 15.9 Å². The van der Waals surface area contributed by atoms with Gasteiger partial charge in [-0.2, -0.15) is 5.10 Å². The highest BCUT2D eigenvalue weighted by molar-refractivity contribution is 9.10. The van der Waals surface area contributed by atoms with Crippen LogP contribution in [0, 0.1) is 0 Å². The summed E-state index contributed by atoms with van der Waals surface area (Å²) in [6, 6.07) is 11.7. The Labute approximate surface area is 148 Å². The van der Waals surface area contributed by atoms with Crippen molar-refractivity contribution in [2.75, 3.05) is 12.4 Å². The Morgan fingerprint density at radius 3 is 2.67 bits per heavy atom. The molecule has 0 radical (unpaired) electrons. The number of rotatable bonds is 6. The molecule has 3 N–H and O–H groups in total. The second-order valence-corrected chi connectivity index (χ2v) is 5.95. The summed E-state index contributed by atoms with van der Waals surface area (Å²) in [5.41, 5.74) is 3.74. The van der Waals surface area contributed by atoms with E-state index in [2.05, 4.69) is 31.8 Å². The minimum Gasteiger partial charge on any atom is -0.507 e. The fraction of sp³-hybridized carbons (Fsp3) is 0.176. The first-order valence-electron chi connectivity index (χ1n) is 7.21. The summed E-state index contributed by atoms with van der Waals surface area (Å²) in [5.74, 6) is 0.535. The maximum Gasteiger partial charge on any atom is 0.262 e. The minimum atomic E-state index is -0.480. The first-order chi connectivity index (χ1) is 11.5. The number of carbonyl (C=O) groups is 1. The predicted molar refractivity (Wildman–Crippen MR) is 97.6 cm³/mol. The van der Waals surface area contributed by atoms with Crippen LogP contribution in [0.2, 0.25) is 0 Å². The van der Waals surface area contributed by atoms with E-state index in [-0.39, 0.29) is 11.7 Å². The summed E-state index contributed by atoms with van der Waals surface area (Å²) >= 11 is 3.31. The van der Waals surface area contributed by atoms with Gasteiger partial charge in [0.15, 0.2) is 0 Å². The third-order valence-corrected chi connectivity index (χ3v) is 3.73. The topological polar surface area (TPSA) is 83.0 Å². The number of anilines is 1. The molecule has 0 saturated carbocycles. The van der Waals surface area contributed by atoms with Crippen LogP contribution in [0.3, 0.4) is 0 Å². The zero-order valence-corrected chi connectivity index (χ0v) is 14.9. The number of benzene rings is 2. The molecule has 2 aromatic carbocycles. The van der Waals surface area contributed by atoms with Crippen molar-refractivity contribution in [3.63, 3.8) is 0 Å². The number of carbonyl (C=O) groups excluding carboxylic acids is 1. The molecule has 2 aromatic rings. The van der Waals surface area contributed by atoms with Crippen molar-refractivity contribution in [3.05, 3.63) is 52.5 Å². The smallest absolute Gasteiger partial charge is 0.262 e. The number of phenols is 1. The molecule has 1 unspecified atom stereocenters. The van der Waals surface area contributed by atoms with Crippen molar-refractivity contribution >= 4 is 33.7 Å². The van der Waals surface area contributed by atoms with Gasteiger partial charge in [0.25, 0.3) is 5.91 Å². The molecule has 0 spiro atoms. The van der Waals surface area contributed by atoms with E-state index in [4.69, 9.17) is 4.74 Å². The Balaban J connectivity index is 1.91. The molecular formula is C17H18BrN3O3. The summed E-state index contributed by atoms with van der Waals surface area (Å²) in [6.07, 6.45) is 1.39. The molecule has 0 aliphatic heterocycles. The number of hydrogen-bond acceptors (Lipinski definition) is 5. The molecule has 2 rings (SSSR count). The van der Waals surface area contributed by atoms with Gasteiger partial charge < -0.3 is 15.2 Å². The van der Waals surface area contributed by atoms with Gasteiger partial charge in [-0.3, -0.25) is 4.79 Å². The van der Waals surface area contributed by atoms with E-state index >= 15 is 0 Å². The number of aromatic hydroxyl groups is 1. The lowest BCUT2D eigenvalue weighted by Crippen LogP contribution is -2.34. The second-order valence-electron chi connectivity index (χ2n) is 5.03. The van der Waals surface area contributed by atoms with Crippen molar-refractivity contribution < 1.29 is 14.6 Å². The number of ether oxygens (including phenoxy) is 1. The number of nitrogens with one attached hydrogen (secondary N) is 2. The highest BCUT2D eigenvalue weighted by atomic mass is 79.9. The molecule has 0 aromatic heterocycles. The van der Waals surface area contributed by atoms with Crippen LogP contribution in [0.4, 0.5) is 5.69 Å². The average molecular weight is 392 g/mol. The fourth-order valence-corrected chi connectivity index (χ4v) is 2.27. The molecule has 0 aliphatic carbocycles. The predicted octanol–water partition coefficient (Wildman–Crippen LogP) is 3.11. The van der Waals surface area contributed by atoms with Crippen LogP contribution in [0.25, 0.3) is 0 Å². The molecule has 0 bridgehead atoms. The highest BCUT2D eigenvalue weighted by Gasteiger charge is 2.11. The largest absolute Gasteiger partial charge is 0.507 e. The van der Waals surface area contributed by atoms with E-state index in [1.54, 1.807) is 44.4 Å². The summed E-state index contributed by atoms with van der Waals surface area (Å²) in [4.78, 5) is 12.0. The standard InChI is InChI=1S/C17H18BrN3O3/c1-11(20-14-4-6-15(24-2)7-5-14)17(23)21-19-10-12-9-13(18)3-8-16(12)22/h3-11,20,22H,1-2H3,(H,21,23)/b19-10+. The Kier molecular flexibility index (Phi) is 6.20. The van der Waals surface area contributed by atoms with E-state index in [0.29, 0.717) is 5.56 Å². The zero-order valence-electron chi connectivity index (χ0n) is 13.3. The molecular weight excluding hydrogens is 374 g/mol. The van der Waals surface area contributed by atoms with Crippen LogP contribution in [-0.4, -0.2) is 30.4 Å². The lowest BCUT2D eigenvalue weighted by molar-refractivity contribution is -0.121. The molecule has 0 aliphatic rings. The van der Waals surface area contributed by atoms with Gasteiger partial charge in [0.05, 0.1) is 13.3 Å². The lowest BCUT2D eigenvalue weighted by atomic mass is 10.2. The summed E-state index contributed by atoms with van der Waals surface area (Å²) < 4.78 is 5.89. The zero-order chi connectivity index (χ0) is 17.5. The summed E-state index contributed by atoms with van der Waals surface area (Å²) in [6.45, 7) is 1.73. The first kappa shape index (κ1) is 17.8. The first-order valence-corrected chi connectivity index (χ1v) is 8.01. The van der Waals surface area contributed by atoms with Crippen LogP contribution in [0.5, 0.6) is 11.5 Å². The van der Waals surface area contributed by atoms with Gasteiger partial charge in [0, 0.05) is 15.7 Å². The Bertz CT molecular complexity index is 732. The van der Waals surface area contributed by atoms with E-state index in [1.807, 2.05) is 12.1 Å². The maximum absolute atomic E-state index is 12.0. The molecule has 126 valence electrons. The van der Waals surface area contributed by atoms with Crippen molar-refractivity contribution in [3.8, 4) is 11.5 Å². The average Bonchev–Trinajstić information content (AvgIpc) is 2.58. The van der Waals surface area contributed by atoms with Gasteiger partial charge >= 0.3 is 0 Å². The molecule has 1 atom stereocenters. The number of hydrogen-bond donors (Lipinski definition) is 3. The minimum absolute atomic E-state index is 0.0839. The number of nitrogens with zero attached hydrogens (tertiary/aromatic N) is 1. The third-order valence-electron chi connectivity index (χ3n) is 3.23. The number of halogens is 1. The molecule has 0 fully saturated rings. The van der Waals surface area contributed by atoms with Crippen LogP contribution in [0.15, 0.2) is 52.0 Å². The van der Waals surface area contributed by atoms with Gasteiger partial charge in [-0.05, 0) is 49.4 Å². The molecule has 0 heterocycles. The normalized spacial score (nSPS) is 12.0. The van der Waals surface area contributed by atoms with Crippen LogP contribution in [-0.2, 0) is 4.79 Å². The molecule has 0 saturated heterocycles. The number of methoxy groups -OCH3 is 1. The van der Waals surface area contributed by atoms with Crippen molar-refractivity contribution in [1.82, 2.24) is 5.43 Å². The maximum atomic E-state index is 12.0. The van der Waals surface area contributed by atoms with E-state index in [9.17, 15) is 9.90 Å². The van der Waals surface area contributed by atoms with E-state index in [0.717, 1.165) is 15.9 Å². The van der Waals surface area contributed by atoms with E-state index < -0.39 is 6.04 Å². The second kappa shape index (κ2) is 8.35. The Morgan fingerprint density at radius 2 is 2.00 bits per heavy atom. The SMILES string of the molecule is COc1ccc(NC(C)C(=O)N/N=C/c2cc(Br)ccc2O)cc1. The van der Waals surface area contributed by atoms with Crippen molar-refractivity contribution in [1.29, 1.82) is 0 Å².